The monoisotopic (exact) mass is 526 g/mol. The van der Waals surface area contributed by atoms with Crippen molar-refractivity contribution in [2.75, 3.05) is 40.5 Å². The number of hydrogen-bond acceptors (Lipinski definition) is 8. The van der Waals surface area contributed by atoms with Gasteiger partial charge in [0.2, 0.25) is 0 Å². The summed E-state index contributed by atoms with van der Waals surface area (Å²) >= 11 is 1.22. The summed E-state index contributed by atoms with van der Waals surface area (Å²) in [6.45, 7) is 0.182. The molecule has 2 aromatic heterocycles. The van der Waals surface area contributed by atoms with Gasteiger partial charge < -0.3 is 19.1 Å². The number of carbonyl (C=O) groups excluding carboxylic acids is 2. The third-order valence-electron chi connectivity index (χ3n) is 4.99. The van der Waals surface area contributed by atoms with E-state index in [1.165, 1.54) is 40.6 Å². The van der Waals surface area contributed by atoms with Gasteiger partial charge in [0, 0.05) is 31.7 Å². The molecule has 0 fully saturated rings. The number of likely N-dealkylation sites (N-methyl/N-ethyl adjacent to an activating group) is 1. The van der Waals surface area contributed by atoms with Crippen LogP contribution < -0.4 is 4.74 Å². The molecule has 194 valence electrons. The topological polar surface area (TPSA) is 95.8 Å². The number of amides is 1. The molecule has 13 heteroatoms. The minimum atomic E-state index is -4.45. The average molecular weight is 527 g/mol. The molecule has 0 aliphatic heterocycles. The van der Waals surface area contributed by atoms with E-state index < -0.39 is 18.8 Å². The van der Waals surface area contributed by atoms with Crippen LogP contribution in [0.2, 0.25) is 0 Å². The Hall–Kier alpha value is -3.32. The number of aromatic nitrogens is 3. The number of nitrogens with zero attached hydrogens (tertiary/aromatic N) is 4. The van der Waals surface area contributed by atoms with E-state index in [0.717, 1.165) is 0 Å². The fraction of sp³-hybridized carbons (Fsp3) is 0.391. The van der Waals surface area contributed by atoms with E-state index in [-0.39, 0.29) is 37.3 Å². The van der Waals surface area contributed by atoms with Crippen molar-refractivity contribution >= 4 is 34.8 Å². The van der Waals surface area contributed by atoms with E-state index in [9.17, 15) is 22.8 Å². The third-order valence-corrected chi connectivity index (χ3v) is 5.94. The number of thioether (sulfide) groups is 1. The second-order valence-corrected chi connectivity index (χ2v) is 8.59. The van der Waals surface area contributed by atoms with Crippen LogP contribution in [0.4, 0.5) is 18.0 Å². The number of carbonyl (C=O) groups is 2. The highest BCUT2D eigenvalue weighted by Crippen LogP contribution is 2.30. The van der Waals surface area contributed by atoms with Gasteiger partial charge in [-0.25, -0.2) is 19.1 Å². The summed E-state index contributed by atoms with van der Waals surface area (Å²) in [5.74, 6) is -0.207. The summed E-state index contributed by atoms with van der Waals surface area (Å²) in [6, 6.07) is 8.09. The lowest BCUT2D eigenvalue weighted by molar-refractivity contribution is -0.153. The fourth-order valence-electron chi connectivity index (χ4n) is 3.16. The number of esters is 1. The Morgan fingerprint density at radius 1 is 1.19 bits per heavy atom. The standard InChI is InChI=1S/C23H25F3N4O5S/c1-15-17(27-9-8-19(15)35-14-23(24,25)26)13-36-21-28-16-6-4-5-7-18(16)30(21)22(32)29(2)10-11-34-20(31)12-33-3/h4-9H,10-14H2,1-3H3. The molecule has 0 N–H and O–H groups in total. The minimum absolute atomic E-state index is 0.00658. The van der Waals surface area contributed by atoms with Gasteiger partial charge in [-0.3, -0.25) is 4.98 Å². The predicted molar refractivity (Wildman–Crippen MR) is 126 cm³/mol. The number of halogens is 3. The van der Waals surface area contributed by atoms with Crippen LogP contribution >= 0.6 is 11.8 Å². The number of hydrogen-bond donors (Lipinski definition) is 0. The summed E-state index contributed by atoms with van der Waals surface area (Å²) in [6.07, 6.45) is -3.08. The van der Waals surface area contributed by atoms with E-state index in [2.05, 4.69) is 9.97 Å². The zero-order valence-corrected chi connectivity index (χ0v) is 20.7. The molecule has 9 nitrogen and oxygen atoms in total. The van der Waals surface area contributed by atoms with E-state index >= 15 is 0 Å². The van der Waals surface area contributed by atoms with Crippen LogP contribution in [0.1, 0.15) is 11.3 Å². The number of methoxy groups -OCH3 is 1. The number of ether oxygens (including phenoxy) is 3. The maximum atomic E-state index is 13.3. The maximum Gasteiger partial charge on any atom is 0.422 e. The van der Waals surface area contributed by atoms with Crippen LogP contribution in [-0.2, 0) is 20.0 Å². The molecule has 0 radical (unpaired) electrons. The molecule has 0 bridgehead atoms. The Balaban J connectivity index is 1.77. The Morgan fingerprint density at radius 2 is 1.94 bits per heavy atom. The van der Waals surface area contributed by atoms with Gasteiger partial charge in [0.05, 0.1) is 23.3 Å². The zero-order chi connectivity index (χ0) is 26.3. The van der Waals surface area contributed by atoms with Gasteiger partial charge in [-0.15, -0.1) is 0 Å². The van der Waals surface area contributed by atoms with Crippen molar-refractivity contribution in [3.63, 3.8) is 0 Å². The Labute approximate surface area is 209 Å². The molecule has 0 unspecified atom stereocenters. The predicted octanol–water partition coefficient (Wildman–Crippen LogP) is 4.06. The maximum absolute atomic E-state index is 13.3. The van der Waals surface area contributed by atoms with Crippen LogP contribution in [0.3, 0.4) is 0 Å². The van der Waals surface area contributed by atoms with E-state index in [4.69, 9.17) is 14.2 Å². The number of imidazole rings is 1. The molecule has 1 amide bonds. The van der Waals surface area contributed by atoms with Gasteiger partial charge in [-0.05, 0) is 25.1 Å². The Kier molecular flexibility index (Phi) is 9.15. The van der Waals surface area contributed by atoms with Crippen molar-refractivity contribution < 1.29 is 37.0 Å². The number of pyridine rings is 1. The number of rotatable bonds is 10. The van der Waals surface area contributed by atoms with Crippen LogP contribution in [-0.4, -0.2) is 78.1 Å². The lowest BCUT2D eigenvalue weighted by Gasteiger charge is -2.19. The second-order valence-electron chi connectivity index (χ2n) is 7.65. The molecule has 0 saturated heterocycles. The molecule has 0 aliphatic rings. The first-order valence-electron chi connectivity index (χ1n) is 10.7. The molecular weight excluding hydrogens is 501 g/mol. The summed E-state index contributed by atoms with van der Waals surface area (Å²) < 4.78 is 53.8. The van der Waals surface area contributed by atoms with Crippen molar-refractivity contribution in [3.8, 4) is 5.75 Å². The van der Waals surface area contributed by atoms with E-state index in [1.54, 1.807) is 38.2 Å². The average Bonchev–Trinajstić information content (AvgIpc) is 3.20. The Bertz CT molecular complexity index is 1220. The third kappa shape index (κ3) is 7.10. The molecule has 0 atom stereocenters. The van der Waals surface area contributed by atoms with Gasteiger partial charge in [0.1, 0.15) is 19.0 Å². The number of fused-ring (bicyclic) bond motifs is 1. The molecular formula is C23H25F3N4O5S. The lowest BCUT2D eigenvalue weighted by Crippen LogP contribution is -2.34. The number of para-hydroxylation sites is 2. The smallest absolute Gasteiger partial charge is 0.422 e. The number of alkyl halides is 3. The first kappa shape index (κ1) is 27.3. The zero-order valence-electron chi connectivity index (χ0n) is 19.9. The lowest BCUT2D eigenvalue weighted by atomic mass is 10.2. The van der Waals surface area contributed by atoms with Gasteiger partial charge in [0.25, 0.3) is 0 Å². The molecule has 2 heterocycles. The van der Waals surface area contributed by atoms with E-state index in [1.807, 2.05) is 0 Å². The van der Waals surface area contributed by atoms with Crippen LogP contribution in [0.5, 0.6) is 5.75 Å². The van der Waals surface area contributed by atoms with Crippen molar-refractivity contribution in [2.24, 2.45) is 0 Å². The Morgan fingerprint density at radius 3 is 2.67 bits per heavy atom. The van der Waals surface area contributed by atoms with Crippen molar-refractivity contribution in [1.82, 2.24) is 19.4 Å². The largest absolute Gasteiger partial charge is 0.484 e. The fourth-order valence-corrected chi connectivity index (χ4v) is 4.19. The minimum Gasteiger partial charge on any atom is -0.484 e. The highest BCUT2D eigenvalue weighted by molar-refractivity contribution is 7.98. The molecule has 1 aromatic carbocycles. The highest BCUT2D eigenvalue weighted by Gasteiger charge is 2.29. The molecule has 0 aliphatic carbocycles. The van der Waals surface area contributed by atoms with Crippen molar-refractivity contribution in [1.29, 1.82) is 0 Å². The molecule has 0 saturated carbocycles. The normalized spacial score (nSPS) is 11.5. The van der Waals surface area contributed by atoms with Crippen molar-refractivity contribution in [2.45, 2.75) is 24.0 Å². The second kappa shape index (κ2) is 12.1. The highest BCUT2D eigenvalue weighted by atomic mass is 32.2. The van der Waals surface area contributed by atoms with Crippen molar-refractivity contribution in [3.05, 3.63) is 47.8 Å². The summed E-state index contributed by atoms with van der Waals surface area (Å²) in [4.78, 5) is 35.0. The molecule has 36 heavy (non-hydrogen) atoms. The van der Waals surface area contributed by atoms with Gasteiger partial charge >= 0.3 is 18.2 Å². The molecule has 0 spiro atoms. The molecule has 3 rings (SSSR count). The SMILES string of the molecule is COCC(=O)OCCN(C)C(=O)n1c(SCc2nccc(OCC(F)(F)F)c2C)nc2ccccc21. The summed E-state index contributed by atoms with van der Waals surface area (Å²) in [5, 5.41) is 0.382. The van der Waals surface area contributed by atoms with E-state index in [0.29, 0.717) is 27.4 Å². The molecule has 3 aromatic rings. The van der Waals surface area contributed by atoms with Gasteiger partial charge in [-0.1, -0.05) is 23.9 Å². The quantitative estimate of drug-likeness (QED) is 0.288. The summed E-state index contributed by atoms with van der Waals surface area (Å²) in [7, 11) is 2.95. The first-order valence-corrected chi connectivity index (χ1v) is 11.7. The first-order chi connectivity index (χ1) is 17.1. The summed E-state index contributed by atoms with van der Waals surface area (Å²) in [5.41, 5.74) is 2.16. The van der Waals surface area contributed by atoms with Gasteiger partial charge in [-0.2, -0.15) is 13.2 Å². The van der Waals surface area contributed by atoms with Gasteiger partial charge in [0.15, 0.2) is 11.8 Å². The number of benzene rings is 1. The van der Waals surface area contributed by atoms with Crippen LogP contribution in [0.15, 0.2) is 41.7 Å². The van der Waals surface area contributed by atoms with Crippen LogP contribution in [0, 0.1) is 6.92 Å². The van der Waals surface area contributed by atoms with Crippen LogP contribution in [0.25, 0.3) is 11.0 Å².